The lowest BCUT2D eigenvalue weighted by atomic mass is 10.1. The molecule has 0 heterocycles. The lowest BCUT2D eigenvalue weighted by Gasteiger charge is -2.14. The second kappa shape index (κ2) is 9.34. The SMILES string of the molecule is CC(OC(=O)CNC(=O)c1cccc(Br)c1)C(=O)Nc1ccc2ccccc2c1. The smallest absolute Gasteiger partial charge is 0.326 e. The summed E-state index contributed by atoms with van der Waals surface area (Å²) >= 11 is 3.28. The summed E-state index contributed by atoms with van der Waals surface area (Å²) < 4.78 is 5.86. The van der Waals surface area contributed by atoms with Gasteiger partial charge in [0.25, 0.3) is 11.8 Å². The normalized spacial score (nSPS) is 11.5. The second-order valence-electron chi connectivity index (χ2n) is 6.38. The van der Waals surface area contributed by atoms with Crippen molar-refractivity contribution in [1.82, 2.24) is 5.32 Å². The van der Waals surface area contributed by atoms with Crippen molar-refractivity contribution < 1.29 is 19.1 Å². The Hall–Kier alpha value is -3.19. The molecular formula is C22H19BrN2O4. The largest absolute Gasteiger partial charge is 0.451 e. The molecule has 0 saturated carbocycles. The Kier molecular flexibility index (Phi) is 6.61. The summed E-state index contributed by atoms with van der Waals surface area (Å²) in [5, 5.41) is 7.25. The Morgan fingerprint density at radius 3 is 2.48 bits per heavy atom. The molecule has 0 radical (unpaired) electrons. The second-order valence-corrected chi connectivity index (χ2v) is 7.29. The van der Waals surface area contributed by atoms with Crippen LogP contribution in [0.2, 0.25) is 0 Å². The predicted molar refractivity (Wildman–Crippen MR) is 115 cm³/mol. The van der Waals surface area contributed by atoms with Crippen molar-refractivity contribution in [2.24, 2.45) is 0 Å². The quantitative estimate of drug-likeness (QED) is 0.553. The van der Waals surface area contributed by atoms with Crippen LogP contribution in [0.5, 0.6) is 0 Å². The number of benzene rings is 3. The minimum Gasteiger partial charge on any atom is -0.451 e. The Morgan fingerprint density at radius 1 is 0.966 bits per heavy atom. The number of fused-ring (bicyclic) bond motifs is 1. The molecule has 0 fully saturated rings. The predicted octanol–water partition coefficient (Wildman–Crippen LogP) is 3.90. The van der Waals surface area contributed by atoms with E-state index in [0.29, 0.717) is 11.3 Å². The standard InChI is InChI=1S/C22H19BrN2O4/c1-14(21(27)25-19-10-9-15-5-2-3-6-16(15)12-19)29-20(26)13-24-22(28)17-7-4-8-18(23)11-17/h2-12,14H,13H2,1H3,(H,24,28)(H,25,27). The summed E-state index contributed by atoms with van der Waals surface area (Å²) in [7, 11) is 0. The Morgan fingerprint density at radius 2 is 1.72 bits per heavy atom. The average molecular weight is 455 g/mol. The molecule has 0 aliphatic heterocycles. The molecule has 2 amide bonds. The maximum atomic E-state index is 12.3. The molecule has 3 rings (SSSR count). The van der Waals surface area contributed by atoms with Gasteiger partial charge in [0.2, 0.25) is 0 Å². The maximum absolute atomic E-state index is 12.3. The van der Waals surface area contributed by atoms with E-state index in [1.54, 1.807) is 30.3 Å². The van der Waals surface area contributed by atoms with Crippen molar-refractivity contribution >= 4 is 50.2 Å². The first-order valence-electron chi connectivity index (χ1n) is 8.95. The van der Waals surface area contributed by atoms with Gasteiger partial charge in [-0.2, -0.15) is 0 Å². The number of carbonyl (C=O) groups excluding carboxylic acids is 3. The molecule has 0 aromatic heterocycles. The molecule has 3 aromatic rings. The van der Waals surface area contributed by atoms with Gasteiger partial charge in [-0.05, 0) is 48.0 Å². The van der Waals surface area contributed by atoms with E-state index in [4.69, 9.17) is 4.74 Å². The molecule has 0 aliphatic carbocycles. The van der Waals surface area contributed by atoms with Gasteiger partial charge in [0.1, 0.15) is 6.54 Å². The van der Waals surface area contributed by atoms with E-state index < -0.39 is 23.9 Å². The monoisotopic (exact) mass is 454 g/mol. The van der Waals surface area contributed by atoms with Crippen molar-refractivity contribution in [1.29, 1.82) is 0 Å². The summed E-state index contributed by atoms with van der Waals surface area (Å²) in [5.74, 6) is -1.56. The summed E-state index contributed by atoms with van der Waals surface area (Å²) in [6.45, 7) is 1.14. The van der Waals surface area contributed by atoms with Crippen molar-refractivity contribution in [3.8, 4) is 0 Å². The molecular weight excluding hydrogens is 436 g/mol. The summed E-state index contributed by atoms with van der Waals surface area (Å²) in [6.07, 6.45) is -1.00. The third-order valence-electron chi connectivity index (χ3n) is 4.17. The fourth-order valence-corrected chi connectivity index (χ4v) is 3.09. The number of anilines is 1. The number of rotatable bonds is 6. The highest BCUT2D eigenvalue weighted by Gasteiger charge is 2.18. The molecule has 3 aromatic carbocycles. The van der Waals surface area contributed by atoms with Gasteiger partial charge in [0.05, 0.1) is 0 Å². The van der Waals surface area contributed by atoms with E-state index in [-0.39, 0.29) is 6.54 Å². The van der Waals surface area contributed by atoms with Crippen LogP contribution in [0.4, 0.5) is 5.69 Å². The zero-order chi connectivity index (χ0) is 20.8. The van der Waals surface area contributed by atoms with Crippen LogP contribution in [0.25, 0.3) is 10.8 Å². The van der Waals surface area contributed by atoms with Gasteiger partial charge in [0.15, 0.2) is 6.10 Å². The minimum absolute atomic E-state index is 0.334. The third kappa shape index (κ3) is 5.65. The fourth-order valence-electron chi connectivity index (χ4n) is 2.69. The minimum atomic E-state index is -1.00. The highest BCUT2D eigenvalue weighted by Crippen LogP contribution is 2.19. The number of hydrogen-bond acceptors (Lipinski definition) is 4. The number of esters is 1. The van der Waals surface area contributed by atoms with Crippen LogP contribution in [0.1, 0.15) is 17.3 Å². The molecule has 0 aliphatic rings. The van der Waals surface area contributed by atoms with Crippen molar-refractivity contribution in [3.63, 3.8) is 0 Å². The molecule has 0 spiro atoms. The van der Waals surface area contributed by atoms with Crippen molar-refractivity contribution in [2.45, 2.75) is 13.0 Å². The zero-order valence-electron chi connectivity index (χ0n) is 15.6. The average Bonchev–Trinajstić information content (AvgIpc) is 2.71. The number of hydrogen-bond donors (Lipinski definition) is 2. The van der Waals surface area contributed by atoms with Crippen LogP contribution < -0.4 is 10.6 Å². The van der Waals surface area contributed by atoms with E-state index in [1.165, 1.54) is 6.92 Å². The Balaban J connectivity index is 1.50. The lowest BCUT2D eigenvalue weighted by molar-refractivity contribution is -0.152. The number of halogens is 1. The van der Waals surface area contributed by atoms with Gasteiger partial charge in [-0.25, -0.2) is 0 Å². The molecule has 1 unspecified atom stereocenters. The van der Waals surface area contributed by atoms with E-state index in [9.17, 15) is 14.4 Å². The van der Waals surface area contributed by atoms with Crippen LogP contribution in [-0.2, 0) is 14.3 Å². The molecule has 29 heavy (non-hydrogen) atoms. The molecule has 0 bridgehead atoms. The van der Waals surface area contributed by atoms with Gasteiger partial charge in [0, 0.05) is 15.7 Å². The molecule has 1 atom stereocenters. The first-order valence-corrected chi connectivity index (χ1v) is 9.74. The van der Waals surface area contributed by atoms with Crippen LogP contribution >= 0.6 is 15.9 Å². The van der Waals surface area contributed by atoms with E-state index in [2.05, 4.69) is 26.6 Å². The molecule has 0 saturated heterocycles. The van der Waals surface area contributed by atoms with Crippen molar-refractivity contribution in [3.05, 3.63) is 76.8 Å². The van der Waals surface area contributed by atoms with Gasteiger partial charge < -0.3 is 15.4 Å². The molecule has 148 valence electrons. The summed E-state index contributed by atoms with van der Waals surface area (Å²) in [4.78, 5) is 36.3. The maximum Gasteiger partial charge on any atom is 0.326 e. The van der Waals surface area contributed by atoms with Gasteiger partial charge in [-0.3, -0.25) is 14.4 Å². The first-order chi connectivity index (χ1) is 13.9. The Labute approximate surface area is 176 Å². The van der Waals surface area contributed by atoms with E-state index in [0.717, 1.165) is 15.2 Å². The fraction of sp³-hybridized carbons (Fsp3) is 0.136. The van der Waals surface area contributed by atoms with E-state index >= 15 is 0 Å². The van der Waals surface area contributed by atoms with Gasteiger partial charge in [-0.1, -0.05) is 52.3 Å². The highest BCUT2D eigenvalue weighted by molar-refractivity contribution is 9.10. The number of amides is 2. The van der Waals surface area contributed by atoms with Gasteiger partial charge in [-0.15, -0.1) is 0 Å². The van der Waals surface area contributed by atoms with Crippen LogP contribution in [0.15, 0.2) is 71.2 Å². The van der Waals surface area contributed by atoms with Crippen molar-refractivity contribution in [2.75, 3.05) is 11.9 Å². The van der Waals surface area contributed by atoms with Crippen LogP contribution in [0, 0.1) is 0 Å². The highest BCUT2D eigenvalue weighted by atomic mass is 79.9. The van der Waals surface area contributed by atoms with E-state index in [1.807, 2.05) is 36.4 Å². The molecule has 7 heteroatoms. The topological polar surface area (TPSA) is 84.5 Å². The third-order valence-corrected chi connectivity index (χ3v) is 4.67. The van der Waals surface area contributed by atoms with Crippen LogP contribution in [-0.4, -0.2) is 30.4 Å². The van der Waals surface area contributed by atoms with Crippen LogP contribution in [0.3, 0.4) is 0 Å². The molecule has 6 nitrogen and oxygen atoms in total. The number of carbonyl (C=O) groups is 3. The summed E-state index contributed by atoms with van der Waals surface area (Å²) in [6, 6.07) is 20.1. The Bertz CT molecular complexity index is 1070. The first kappa shape index (κ1) is 20.5. The number of ether oxygens (including phenoxy) is 1. The zero-order valence-corrected chi connectivity index (χ0v) is 17.2. The lowest BCUT2D eigenvalue weighted by Crippen LogP contribution is -2.35. The summed E-state index contributed by atoms with van der Waals surface area (Å²) in [5.41, 5.74) is 1.02. The molecule has 2 N–H and O–H groups in total. The number of nitrogens with one attached hydrogen (secondary N) is 2. The van der Waals surface area contributed by atoms with Gasteiger partial charge >= 0.3 is 5.97 Å².